The second kappa shape index (κ2) is 11.7. The Morgan fingerprint density at radius 3 is 2.42 bits per heavy atom. The van der Waals surface area contributed by atoms with Crippen LogP contribution in [0.5, 0.6) is 0 Å². The van der Waals surface area contributed by atoms with E-state index < -0.39 is 0 Å². The number of thioether (sulfide) groups is 2. The fraction of sp³-hybridized carbons (Fsp3) is 0.786. The van der Waals surface area contributed by atoms with Crippen LogP contribution in [-0.2, 0) is 14.3 Å². The van der Waals surface area contributed by atoms with Gasteiger partial charge in [0.15, 0.2) is 0 Å². The van der Waals surface area contributed by atoms with E-state index in [0.29, 0.717) is 6.61 Å². The van der Waals surface area contributed by atoms with Gasteiger partial charge in [-0.1, -0.05) is 19.9 Å². The van der Waals surface area contributed by atoms with Crippen molar-refractivity contribution in [2.24, 2.45) is 0 Å². The highest BCUT2D eigenvalue weighted by Crippen LogP contribution is 2.35. The Hall–Kier alpha value is -0.130. The molecule has 0 aliphatic heterocycles. The highest BCUT2D eigenvalue weighted by molar-refractivity contribution is 8.18. The molecule has 0 amide bonds. The van der Waals surface area contributed by atoms with E-state index in [2.05, 4.69) is 27.4 Å². The quantitative estimate of drug-likeness (QED) is 0.237. The number of rotatable bonds is 12. The Morgan fingerprint density at radius 1 is 1.21 bits per heavy atom. The van der Waals surface area contributed by atoms with Gasteiger partial charge in [0.1, 0.15) is 6.61 Å². The predicted molar refractivity (Wildman–Crippen MR) is 85.9 cm³/mol. The summed E-state index contributed by atoms with van der Waals surface area (Å²) in [4.78, 5) is 10.9. The zero-order valence-corrected chi connectivity index (χ0v) is 13.9. The zero-order valence-electron chi connectivity index (χ0n) is 12.3. The molecule has 0 aliphatic rings. The van der Waals surface area contributed by atoms with Crippen molar-refractivity contribution in [3.8, 4) is 0 Å². The summed E-state index contributed by atoms with van der Waals surface area (Å²) in [6, 6.07) is 0. The number of carbonyl (C=O) groups is 1. The van der Waals surface area contributed by atoms with Gasteiger partial charge in [0.05, 0.1) is 10.7 Å². The third-order valence-electron chi connectivity index (χ3n) is 2.26. The molecule has 0 aromatic heterocycles. The van der Waals surface area contributed by atoms with Crippen LogP contribution in [0.4, 0.5) is 0 Å². The highest BCUT2D eigenvalue weighted by Gasteiger charge is 2.18. The van der Waals surface area contributed by atoms with Crippen molar-refractivity contribution in [3.63, 3.8) is 0 Å². The molecule has 0 aromatic rings. The molecule has 0 saturated heterocycles. The fourth-order valence-electron chi connectivity index (χ4n) is 1.23. The third kappa shape index (κ3) is 12.6. The molecule has 0 rings (SSSR count). The number of unbranched alkanes of at least 4 members (excludes halogenated alkanes) is 1. The summed E-state index contributed by atoms with van der Waals surface area (Å²) in [5, 5.41) is 0. The van der Waals surface area contributed by atoms with Gasteiger partial charge >= 0.3 is 5.97 Å². The molecule has 0 bridgehead atoms. The average molecular weight is 306 g/mol. The van der Waals surface area contributed by atoms with Gasteiger partial charge in [-0.05, 0) is 20.3 Å². The molecule has 0 N–H and O–H groups in total. The van der Waals surface area contributed by atoms with Crippen molar-refractivity contribution in [1.29, 1.82) is 0 Å². The fourth-order valence-corrected chi connectivity index (χ4v) is 3.41. The minimum Gasteiger partial charge on any atom is -0.462 e. The zero-order chi connectivity index (χ0) is 14.6. The molecule has 5 heteroatoms. The molecule has 0 fully saturated rings. The van der Waals surface area contributed by atoms with Crippen molar-refractivity contribution in [2.45, 2.75) is 37.7 Å². The standard InChI is InChI=1S/C14H26O3S2/c1-5-7-8-16-9-11-18-14(3,4)19-12-10-17-13(15)6-2/h6H,2,5,7-12H2,1,3-4H3. The second-order valence-electron chi connectivity index (χ2n) is 4.43. The van der Waals surface area contributed by atoms with Crippen LogP contribution >= 0.6 is 23.5 Å². The Bertz CT molecular complexity index is 255. The molecule has 0 saturated carbocycles. The molecule has 0 radical (unpaired) electrons. The van der Waals surface area contributed by atoms with Gasteiger partial charge in [0.2, 0.25) is 0 Å². The topological polar surface area (TPSA) is 35.5 Å². The number of carbonyl (C=O) groups excluding carboxylic acids is 1. The van der Waals surface area contributed by atoms with Crippen LogP contribution in [-0.4, -0.2) is 41.4 Å². The summed E-state index contributed by atoms with van der Waals surface area (Å²) in [7, 11) is 0. The maximum absolute atomic E-state index is 10.9. The average Bonchev–Trinajstić information content (AvgIpc) is 2.38. The van der Waals surface area contributed by atoms with Crippen molar-refractivity contribution in [1.82, 2.24) is 0 Å². The number of ether oxygens (including phenoxy) is 2. The van der Waals surface area contributed by atoms with Crippen LogP contribution in [0.2, 0.25) is 0 Å². The summed E-state index contributed by atoms with van der Waals surface area (Å²) in [6.45, 7) is 12.0. The van der Waals surface area contributed by atoms with E-state index in [4.69, 9.17) is 9.47 Å². The van der Waals surface area contributed by atoms with Gasteiger partial charge in [-0.15, -0.1) is 23.5 Å². The van der Waals surface area contributed by atoms with E-state index in [1.54, 1.807) is 11.8 Å². The smallest absolute Gasteiger partial charge is 0.330 e. The van der Waals surface area contributed by atoms with Crippen LogP contribution < -0.4 is 0 Å². The largest absolute Gasteiger partial charge is 0.462 e. The lowest BCUT2D eigenvalue weighted by Crippen LogP contribution is -2.15. The molecule has 112 valence electrons. The first kappa shape index (κ1) is 18.9. The first-order chi connectivity index (χ1) is 9.02. The van der Waals surface area contributed by atoms with Crippen molar-refractivity contribution < 1.29 is 14.3 Å². The molecule has 0 atom stereocenters. The summed E-state index contributed by atoms with van der Waals surface area (Å²) in [5.41, 5.74) is 0. The summed E-state index contributed by atoms with van der Waals surface area (Å²) >= 11 is 3.67. The lowest BCUT2D eigenvalue weighted by Gasteiger charge is -2.23. The number of esters is 1. The Labute approximate surface area is 125 Å². The molecule has 0 aromatic carbocycles. The van der Waals surface area contributed by atoms with E-state index in [9.17, 15) is 4.79 Å². The van der Waals surface area contributed by atoms with E-state index in [0.717, 1.165) is 31.1 Å². The molecule has 19 heavy (non-hydrogen) atoms. The summed E-state index contributed by atoms with van der Waals surface area (Å²) in [6.07, 6.45) is 3.51. The molecule has 0 spiro atoms. The Morgan fingerprint density at radius 2 is 1.84 bits per heavy atom. The van der Waals surface area contributed by atoms with E-state index in [-0.39, 0.29) is 10.0 Å². The monoisotopic (exact) mass is 306 g/mol. The van der Waals surface area contributed by atoms with Crippen LogP contribution in [0, 0.1) is 0 Å². The van der Waals surface area contributed by atoms with Crippen LogP contribution in [0.15, 0.2) is 12.7 Å². The minimum absolute atomic E-state index is 0.120. The SMILES string of the molecule is C=CC(=O)OCCSC(C)(C)SCCOCCCC. The molecular formula is C14H26O3S2. The lowest BCUT2D eigenvalue weighted by molar-refractivity contribution is -0.137. The van der Waals surface area contributed by atoms with Crippen molar-refractivity contribution >= 4 is 29.5 Å². The molecule has 0 unspecified atom stereocenters. The van der Waals surface area contributed by atoms with Gasteiger partial charge in [-0.25, -0.2) is 4.79 Å². The molecular weight excluding hydrogens is 280 g/mol. The van der Waals surface area contributed by atoms with Crippen molar-refractivity contribution in [3.05, 3.63) is 12.7 Å². The summed E-state index contributed by atoms with van der Waals surface area (Å²) in [5.74, 6) is 1.45. The van der Waals surface area contributed by atoms with Gasteiger partial charge in [0, 0.05) is 24.2 Å². The van der Waals surface area contributed by atoms with E-state index >= 15 is 0 Å². The Kier molecular flexibility index (Phi) is 11.6. The Balaban J connectivity index is 3.51. The van der Waals surface area contributed by atoms with Gasteiger partial charge < -0.3 is 9.47 Å². The lowest BCUT2D eigenvalue weighted by atomic mass is 10.4. The molecule has 3 nitrogen and oxygen atoms in total. The van der Waals surface area contributed by atoms with E-state index in [1.807, 2.05) is 11.8 Å². The maximum atomic E-state index is 10.9. The first-order valence-electron chi connectivity index (χ1n) is 6.66. The van der Waals surface area contributed by atoms with Crippen LogP contribution in [0.1, 0.15) is 33.6 Å². The first-order valence-corrected chi connectivity index (χ1v) is 8.64. The second-order valence-corrected chi connectivity index (χ2v) is 8.13. The van der Waals surface area contributed by atoms with Gasteiger partial charge in [-0.2, -0.15) is 0 Å². The number of hydrogen-bond acceptors (Lipinski definition) is 5. The van der Waals surface area contributed by atoms with Crippen molar-refractivity contribution in [2.75, 3.05) is 31.3 Å². The maximum Gasteiger partial charge on any atom is 0.330 e. The highest BCUT2D eigenvalue weighted by atomic mass is 32.2. The minimum atomic E-state index is -0.351. The summed E-state index contributed by atoms with van der Waals surface area (Å²) < 4.78 is 10.6. The third-order valence-corrected chi connectivity index (χ3v) is 5.10. The molecule has 0 aliphatic carbocycles. The molecule has 0 heterocycles. The van der Waals surface area contributed by atoms with Crippen LogP contribution in [0.25, 0.3) is 0 Å². The van der Waals surface area contributed by atoms with E-state index in [1.165, 1.54) is 12.5 Å². The van der Waals surface area contributed by atoms with Gasteiger partial charge in [-0.3, -0.25) is 0 Å². The normalized spacial score (nSPS) is 11.3. The number of hydrogen-bond donors (Lipinski definition) is 0. The van der Waals surface area contributed by atoms with Crippen LogP contribution in [0.3, 0.4) is 0 Å². The van der Waals surface area contributed by atoms with Gasteiger partial charge in [0.25, 0.3) is 0 Å². The predicted octanol–water partition coefficient (Wildman–Crippen LogP) is 3.73.